The lowest BCUT2D eigenvalue weighted by molar-refractivity contribution is 0.219. The number of aryl methyl sites for hydroxylation is 1. The highest BCUT2D eigenvalue weighted by Gasteiger charge is 2.09. The number of nitrogens with two attached hydrogens (primary N) is 1. The maximum absolute atomic E-state index is 10.9. The summed E-state index contributed by atoms with van der Waals surface area (Å²) in [5.74, 6) is 0. The van der Waals surface area contributed by atoms with E-state index < -0.39 is 6.03 Å². The van der Waals surface area contributed by atoms with Gasteiger partial charge in [0.25, 0.3) is 0 Å². The maximum Gasteiger partial charge on any atom is 0.314 e. The molecule has 2 N–H and O–H groups in total. The molecule has 0 saturated heterocycles. The van der Waals surface area contributed by atoms with Crippen LogP contribution in [0.25, 0.3) is 11.0 Å². The number of rotatable bonds is 4. The molecule has 96 valence electrons. The summed E-state index contributed by atoms with van der Waals surface area (Å²) in [4.78, 5) is 12.5. The van der Waals surface area contributed by atoms with Crippen molar-refractivity contribution in [3.8, 4) is 0 Å². The molecular formula is C14H18N2O2. The average molecular weight is 246 g/mol. The number of nitrogens with zero attached hydrogens (tertiary/aromatic N) is 1. The predicted molar refractivity (Wildman–Crippen MR) is 71.5 cm³/mol. The van der Waals surface area contributed by atoms with Gasteiger partial charge in [-0.1, -0.05) is 13.0 Å². The molecule has 2 amide bonds. The van der Waals surface area contributed by atoms with Crippen molar-refractivity contribution in [2.45, 2.75) is 19.8 Å². The van der Waals surface area contributed by atoms with Crippen LogP contribution in [0.15, 0.2) is 28.9 Å². The minimum Gasteiger partial charge on any atom is -0.464 e. The Hall–Kier alpha value is -1.97. The summed E-state index contributed by atoms with van der Waals surface area (Å²) in [5, 5.41) is 1.13. The van der Waals surface area contributed by atoms with Crippen molar-refractivity contribution in [1.82, 2.24) is 4.90 Å². The van der Waals surface area contributed by atoms with Crippen LogP contribution in [0.5, 0.6) is 0 Å². The van der Waals surface area contributed by atoms with Gasteiger partial charge in [0.2, 0.25) is 0 Å². The highest BCUT2D eigenvalue weighted by Crippen LogP contribution is 2.23. The molecular weight excluding hydrogens is 228 g/mol. The third-order valence-corrected chi connectivity index (χ3v) is 3.22. The second kappa shape index (κ2) is 5.12. The number of hydrogen-bond donors (Lipinski definition) is 1. The maximum atomic E-state index is 10.9. The quantitative estimate of drug-likeness (QED) is 0.901. The minimum absolute atomic E-state index is 0.406. The van der Waals surface area contributed by atoms with Gasteiger partial charge in [-0.05, 0) is 36.1 Å². The molecule has 0 aliphatic heterocycles. The van der Waals surface area contributed by atoms with Gasteiger partial charge in [0.05, 0.1) is 6.26 Å². The summed E-state index contributed by atoms with van der Waals surface area (Å²) >= 11 is 0. The zero-order valence-corrected chi connectivity index (χ0v) is 10.8. The van der Waals surface area contributed by atoms with Crippen LogP contribution >= 0.6 is 0 Å². The summed E-state index contributed by atoms with van der Waals surface area (Å²) in [5.41, 5.74) is 8.49. The van der Waals surface area contributed by atoms with Gasteiger partial charge in [0.1, 0.15) is 5.58 Å². The third kappa shape index (κ3) is 2.47. The number of likely N-dealkylation sites (N-methyl/N-ethyl adjacent to an activating group) is 1. The molecule has 4 heteroatoms. The molecule has 0 spiro atoms. The summed E-state index contributed by atoms with van der Waals surface area (Å²) in [6.07, 6.45) is 3.51. The highest BCUT2D eigenvalue weighted by atomic mass is 16.3. The smallest absolute Gasteiger partial charge is 0.314 e. The van der Waals surface area contributed by atoms with Crippen LogP contribution in [-0.2, 0) is 12.8 Å². The largest absolute Gasteiger partial charge is 0.464 e. The molecule has 2 aromatic rings. The number of hydrogen-bond acceptors (Lipinski definition) is 2. The predicted octanol–water partition coefficient (Wildman–Crippen LogP) is 2.55. The molecule has 2 rings (SSSR count). The van der Waals surface area contributed by atoms with Gasteiger partial charge < -0.3 is 15.1 Å². The van der Waals surface area contributed by atoms with E-state index >= 15 is 0 Å². The zero-order valence-electron chi connectivity index (χ0n) is 10.8. The minimum atomic E-state index is -0.406. The number of carbonyl (C=O) groups excluding carboxylic acids is 1. The fraction of sp³-hybridized carbons (Fsp3) is 0.357. The van der Waals surface area contributed by atoms with Crippen LogP contribution in [0.4, 0.5) is 4.79 Å². The lowest BCUT2D eigenvalue weighted by atomic mass is 10.1. The van der Waals surface area contributed by atoms with Crippen molar-refractivity contribution in [3.05, 3.63) is 35.6 Å². The van der Waals surface area contributed by atoms with E-state index in [0.717, 1.165) is 29.4 Å². The molecule has 1 aromatic carbocycles. The SMILES string of the molecule is CCc1ccc2occ(CCN(C)C(N)=O)c2c1. The Kier molecular flexibility index (Phi) is 3.55. The fourth-order valence-corrected chi connectivity index (χ4v) is 1.94. The van der Waals surface area contributed by atoms with E-state index in [1.807, 2.05) is 6.07 Å². The molecule has 0 aliphatic carbocycles. The van der Waals surface area contributed by atoms with Crippen LogP contribution < -0.4 is 5.73 Å². The Balaban J connectivity index is 2.20. The topological polar surface area (TPSA) is 59.5 Å². The summed E-state index contributed by atoms with van der Waals surface area (Å²) in [6, 6.07) is 5.82. The fourth-order valence-electron chi connectivity index (χ4n) is 1.94. The van der Waals surface area contributed by atoms with Gasteiger partial charge in [0.15, 0.2) is 0 Å². The van der Waals surface area contributed by atoms with Crippen molar-refractivity contribution in [2.24, 2.45) is 5.73 Å². The van der Waals surface area contributed by atoms with Crippen LogP contribution in [-0.4, -0.2) is 24.5 Å². The second-order valence-corrected chi connectivity index (χ2v) is 4.45. The molecule has 4 nitrogen and oxygen atoms in total. The van der Waals surface area contributed by atoms with E-state index in [4.69, 9.17) is 10.2 Å². The van der Waals surface area contributed by atoms with E-state index in [9.17, 15) is 4.79 Å². The van der Waals surface area contributed by atoms with Crippen molar-refractivity contribution in [2.75, 3.05) is 13.6 Å². The monoisotopic (exact) mass is 246 g/mol. The Labute approximate surface area is 106 Å². The Morgan fingerprint density at radius 3 is 2.89 bits per heavy atom. The normalized spacial score (nSPS) is 10.8. The number of benzene rings is 1. The molecule has 1 aromatic heterocycles. The van der Waals surface area contributed by atoms with Crippen molar-refractivity contribution in [1.29, 1.82) is 0 Å². The molecule has 0 unspecified atom stereocenters. The summed E-state index contributed by atoms with van der Waals surface area (Å²) in [6.45, 7) is 2.72. The van der Waals surface area contributed by atoms with Crippen molar-refractivity contribution in [3.63, 3.8) is 0 Å². The third-order valence-electron chi connectivity index (χ3n) is 3.22. The highest BCUT2D eigenvalue weighted by molar-refractivity contribution is 5.82. The van der Waals surface area contributed by atoms with Crippen molar-refractivity contribution >= 4 is 17.0 Å². The first kappa shape index (κ1) is 12.5. The number of carbonyl (C=O) groups is 1. The van der Waals surface area contributed by atoms with Crippen molar-refractivity contribution < 1.29 is 9.21 Å². The van der Waals surface area contributed by atoms with E-state index in [1.54, 1.807) is 13.3 Å². The first-order valence-corrected chi connectivity index (χ1v) is 6.11. The van der Waals surface area contributed by atoms with E-state index in [0.29, 0.717) is 6.54 Å². The standard InChI is InChI=1S/C14H18N2O2/c1-3-10-4-5-13-12(8-10)11(9-18-13)6-7-16(2)14(15)17/h4-5,8-9H,3,6-7H2,1-2H3,(H2,15,17). The Bertz CT molecular complexity index is 560. The summed E-state index contributed by atoms with van der Waals surface area (Å²) < 4.78 is 5.51. The first-order chi connectivity index (χ1) is 8.61. The second-order valence-electron chi connectivity index (χ2n) is 4.45. The van der Waals surface area contributed by atoms with Gasteiger partial charge in [-0.25, -0.2) is 4.79 Å². The van der Waals surface area contributed by atoms with Crippen LogP contribution in [0.1, 0.15) is 18.1 Å². The molecule has 0 atom stereocenters. The van der Waals surface area contributed by atoms with Crippen LogP contribution in [0.3, 0.4) is 0 Å². The molecule has 0 saturated carbocycles. The summed E-state index contributed by atoms with van der Waals surface area (Å²) in [7, 11) is 1.70. The molecule has 0 fully saturated rings. The van der Waals surface area contributed by atoms with Gasteiger partial charge in [-0.3, -0.25) is 0 Å². The number of primary amides is 1. The lowest BCUT2D eigenvalue weighted by Crippen LogP contribution is -2.33. The van der Waals surface area contributed by atoms with Crippen LogP contribution in [0.2, 0.25) is 0 Å². The van der Waals surface area contributed by atoms with Gasteiger partial charge in [0, 0.05) is 19.0 Å². The molecule has 0 bridgehead atoms. The Morgan fingerprint density at radius 1 is 1.44 bits per heavy atom. The van der Waals surface area contributed by atoms with E-state index in [2.05, 4.69) is 19.1 Å². The van der Waals surface area contributed by atoms with Crippen LogP contribution in [0, 0.1) is 0 Å². The van der Waals surface area contributed by atoms with Gasteiger partial charge in [-0.15, -0.1) is 0 Å². The van der Waals surface area contributed by atoms with E-state index in [1.165, 1.54) is 10.5 Å². The zero-order chi connectivity index (χ0) is 13.1. The number of furan rings is 1. The number of amides is 2. The number of urea groups is 1. The lowest BCUT2D eigenvalue weighted by Gasteiger charge is -2.12. The van der Waals surface area contributed by atoms with E-state index in [-0.39, 0.29) is 0 Å². The number of fused-ring (bicyclic) bond motifs is 1. The average Bonchev–Trinajstić information content (AvgIpc) is 2.77. The Morgan fingerprint density at radius 2 is 2.22 bits per heavy atom. The molecule has 0 radical (unpaired) electrons. The first-order valence-electron chi connectivity index (χ1n) is 6.11. The molecule has 1 heterocycles. The molecule has 18 heavy (non-hydrogen) atoms. The van der Waals surface area contributed by atoms with Gasteiger partial charge in [-0.2, -0.15) is 0 Å². The molecule has 0 aliphatic rings. The van der Waals surface area contributed by atoms with Gasteiger partial charge >= 0.3 is 6.03 Å².